The van der Waals surface area contributed by atoms with Crippen molar-refractivity contribution >= 4 is 23.1 Å². The molecule has 0 fully saturated rings. The van der Waals surface area contributed by atoms with Crippen LogP contribution in [0.1, 0.15) is 11.3 Å². The van der Waals surface area contributed by atoms with Crippen molar-refractivity contribution in [1.82, 2.24) is 5.16 Å². The molecule has 21 heavy (non-hydrogen) atoms. The van der Waals surface area contributed by atoms with E-state index in [0.717, 1.165) is 11.3 Å². The lowest BCUT2D eigenvalue weighted by molar-refractivity contribution is 0.414. The van der Waals surface area contributed by atoms with E-state index in [9.17, 15) is 4.79 Å². The maximum absolute atomic E-state index is 11.8. The van der Waals surface area contributed by atoms with Crippen molar-refractivity contribution in [3.8, 4) is 5.75 Å². The van der Waals surface area contributed by atoms with Gasteiger partial charge in [0.15, 0.2) is 0 Å². The highest BCUT2D eigenvalue weighted by Gasteiger charge is 2.06. The van der Waals surface area contributed by atoms with E-state index in [4.69, 9.17) is 9.26 Å². The first kappa shape index (κ1) is 13.1. The van der Waals surface area contributed by atoms with E-state index in [1.54, 1.807) is 19.2 Å². The van der Waals surface area contributed by atoms with Gasteiger partial charge in [-0.1, -0.05) is 35.5 Å². The third kappa shape index (κ3) is 2.69. The summed E-state index contributed by atoms with van der Waals surface area (Å²) in [5.41, 5.74) is 1.70. The fourth-order valence-electron chi connectivity index (χ4n) is 2.06. The van der Waals surface area contributed by atoms with Crippen LogP contribution in [-0.2, 0) is 0 Å². The molecular formula is C17H13NO3. The van der Waals surface area contributed by atoms with Crippen molar-refractivity contribution < 1.29 is 9.26 Å². The van der Waals surface area contributed by atoms with Gasteiger partial charge in [-0.3, -0.25) is 4.79 Å². The van der Waals surface area contributed by atoms with E-state index in [-0.39, 0.29) is 11.0 Å². The molecule has 0 unspecified atom stereocenters. The minimum absolute atomic E-state index is 0.177. The molecule has 4 heteroatoms. The average molecular weight is 279 g/mol. The summed E-state index contributed by atoms with van der Waals surface area (Å²) in [4.78, 5) is 11.8. The Balaban J connectivity index is 2.02. The molecule has 0 spiro atoms. The summed E-state index contributed by atoms with van der Waals surface area (Å²) in [5.74, 6) is 0.787. The van der Waals surface area contributed by atoms with E-state index < -0.39 is 0 Å². The number of fused-ring (bicyclic) bond motifs is 1. The molecule has 0 atom stereocenters. The predicted molar refractivity (Wildman–Crippen MR) is 82.2 cm³/mol. The Morgan fingerprint density at radius 2 is 1.95 bits per heavy atom. The molecule has 1 heterocycles. The van der Waals surface area contributed by atoms with Gasteiger partial charge < -0.3 is 9.26 Å². The van der Waals surface area contributed by atoms with Gasteiger partial charge in [0, 0.05) is 0 Å². The zero-order valence-corrected chi connectivity index (χ0v) is 11.4. The summed E-state index contributed by atoms with van der Waals surface area (Å²) in [6, 6.07) is 14.4. The van der Waals surface area contributed by atoms with Crippen LogP contribution in [0, 0.1) is 0 Å². The minimum Gasteiger partial charge on any atom is -0.497 e. The molecule has 0 saturated carbocycles. The molecule has 1 aromatic heterocycles. The van der Waals surface area contributed by atoms with Crippen molar-refractivity contribution in [2.45, 2.75) is 0 Å². The van der Waals surface area contributed by atoms with Gasteiger partial charge in [-0.15, -0.1) is 0 Å². The molecule has 3 rings (SSSR count). The van der Waals surface area contributed by atoms with Crippen LogP contribution in [0.3, 0.4) is 0 Å². The molecule has 0 saturated heterocycles. The topological polar surface area (TPSA) is 52.3 Å². The van der Waals surface area contributed by atoms with Gasteiger partial charge in [0.05, 0.1) is 12.5 Å². The van der Waals surface area contributed by atoms with Crippen LogP contribution >= 0.6 is 0 Å². The van der Waals surface area contributed by atoms with E-state index in [2.05, 4.69) is 5.16 Å². The normalized spacial score (nSPS) is 11.1. The monoisotopic (exact) mass is 279 g/mol. The number of benzene rings is 1. The lowest BCUT2D eigenvalue weighted by atomic mass is 10.1. The molecule has 0 N–H and O–H groups in total. The van der Waals surface area contributed by atoms with E-state index in [1.807, 2.05) is 42.5 Å². The summed E-state index contributed by atoms with van der Waals surface area (Å²) in [7, 11) is 1.63. The van der Waals surface area contributed by atoms with E-state index >= 15 is 0 Å². The van der Waals surface area contributed by atoms with Crippen LogP contribution in [-0.4, -0.2) is 12.3 Å². The van der Waals surface area contributed by atoms with Gasteiger partial charge in [0.25, 0.3) is 0 Å². The van der Waals surface area contributed by atoms with Gasteiger partial charge in [0.2, 0.25) is 11.0 Å². The molecular weight excluding hydrogens is 266 g/mol. The second-order valence-corrected chi connectivity index (χ2v) is 4.50. The average Bonchev–Trinajstić information content (AvgIpc) is 2.83. The molecule has 0 bridgehead atoms. The largest absolute Gasteiger partial charge is 0.497 e. The van der Waals surface area contributed by atoms with Crippen LogP contribution in [0.25, 0.3) is 23.1 Å². The van der Waals surface area contributed by atoms with Crippen LogP contribution in [0.2, 0.25) is 0 Å². The minimum atomic E-state index is -0.177. The summed E-state index contributed by atoms with van der Waals surface area (Å²) < 4.78 is 10.3. The van der Waals surface area contributed by atoms with Crippen LogP contribution in [0.5, 0.6) is 5.75 Å². The molecule has 0 aliphatic rings. The summed E-state index contributed by atoms with van der Waals surface area (Å²) >= 11 is 0. The van der Waals surface area contributed by atoms with Gasteiger partial charge in [-0.05, 0) is 35.9 Å². The third-order valence-electron chi connectivity index (χ3n) is 3.13. The summed E-state index contributed by atoms with van der Waals surface area (Å²) in [6.45, 7) is 0. The number of hydrogen-bond acceptors (Lipinski definition) is 4. The number of aromatic nitrogens is 1. The SMILES string of the molecule is COc1cccc(C=Cc2noc3c(=O)ccccc23)c1. The van der Waals surface area contributed by atoms with Crippen LogP contribution < -0.4 is 10.2 Å². The van der Waals surface area contributed by atoms with Crippen molar-refractivity contribution in [2.24, 2.45) is 0 Å². The summed E-state index contributed by atoms with van der Waals surface area (Å²) in [5, 5.41) is 4.65. The third-order valence-corrected chi connectivity index (χ3v) is 3.13. The van der Waals surface area contributed by atoms with Gasteiger partial charge in [-0.25, -0.2) is 0 Å². The van der Waals surface area contributed by atoms with Gasteiger partial charge in [0.1, 0.15) is 11.4 Å². The van der Waals surface area contributed by atoms with Crippen molar-refractivity contribution in [2.75, 3.05) is 7.11 Å². The smallest absolute Gasteiger partial charge is 0.224 e. The summed E-state index contributed by atoms with van der Waals surface area (Å²) in [6.07, 6.45) is 3.72. The highest BCUT2D eigenvalue weighted by Crippen LogP contribution is 2.18. The molecule has 0 aliphatic heterocycles. The molecule has 104 valence electrons. The molecule has 4 nitrogen and oxygen atoms in total. The van der Waals surface area contributed by atoms with Crippen molar-refractivity contribution in [3.05, 3.63) is 70.0 Å². The quantitative estimate of drug-likeness (QED) is 0.737. The highest BCUT2D eigenvalue weighted by atomic mass is 16.5. The molecule has 0 aliphatic carbocycles. The first-order valence-corrected chi connectivity index (χ1v) is 6.49. The first-order chi connectivity index (χ1) is 10.3. The van der Waals surface area contributed by atoms with E-state index in [0.29, 0.717) is 11.1 Å². The fraction of sp³-hybridized carbons (Fsp3) is 0.0588. The Morgan fingerprint density at radius 1 is 1.10 bits per heavy atom. The number of nitrogens with zero attached hydrogens (tertiary/aromatic N) is 1. The van der Waals surface area contributed by atoms with Crippen LogP contribution in [0.4, 0.5) is 0 Å². The number of ether oxygens (including phenoxy) is 1. The standard InChI is InChI=1S/C17H13NO3/c1-20-13-6-4-5-12(11-13)9-10-15-14-7-2-3-8-16(19)17(14)21-18-15/h2-11H,1H3. The highest BCUT2D eigenvalue weighted by molar-refractivity contribution is 5.87. The number of rotatable bonds is 3. The Kier molecular flexibility index (Phi) is 3.51. The molecule has 0 amide bonds. The second-order valence-electron chi connectivity index (χ2n) is 4.50. The van der Waals surface area contributed by atoms with E-state index in [1.165, 1.54) is 6.07 Å². The second kappa shape index (κ2) is 5.63. The Hall–Kier alpha value is -2.88. The van der Waals surface area contributed by atoms with Crippen molar-refractivity contribution in [3.63, 3.8) is 0 Å². The Bertz CT molecular complexity index is 865. The molecule has 2 aromatic carbocycles. The van der Waals surface area contributed by atoms with Crippen LogP contribution in [0.15, 0.2) is 57.8 Å². The zero-order valence-electron chi connectivity index (χ0n) is 11.4. The van der Waals surface area contributed by atoms with Gasteiger partial charge in [-0.2, -0.15) is 0 Å². The Morgan fingerprint density at radius 3 is 2.81 bits per heavy atom. The molecule has 3 aromatic rings. The Labute approximate surface area is 121 Å². The maximum atomic E-state index is 11.8. The van der Waals surface area contributed by atoms with Gasteiger partial charge >= 0.3 is 0 Å². The zero-order chi connectivity index (χ0) is 14.7. The number of hydrogen-bond donors (Lipinski definition) is 0. The molecule has 0 radical (unpaired) electrons. The maximum Gasteiger partial charge on any atom is 0.224 e. The number of methoxy groups -OCH3 is 1. The first-order valence-electron chi connectivity index (χ1n) is 6.49. The van der Waals surface area contributed by atoms with Crippen molar-refractivity contribution in [1.29, 1.82) is 0 Å². The fourth-order valence-corrected chi connectivity index (χ4v) is 2.06. The lowest BCUT2D eigenvalue weighted by Gasteiger charge is -1.99. The lowest BCUT2D eigenvalue weighted by Crippen LogP contribution is -1.91. The predicted octanol–water partition coefficient (Wildman–Crippen LogP) is 3.37.